The topological polar surface area (TPSA) is 74.8 Å². The number of rotatable bonds is 5. The second-order valence-corrected chi connectivity index (χ2v) is 6.26. The number of aryl methyl sites for hydroxylation is 1. The maximum Gasteiger partial charge on any atom is 0.263 e. The van der Waals surface area contributed by atoms with E-state index in [1.165, 1.54) is 0 Å². The maximum absolute atomic E-state index is 12.1. The van der Waals surface area contributed by atoms with Crippen LogP contribution in [0.15, 0.2) is 35.2 Å². The molecule has 102 valence electrons. The van der Waals surface area contributed by atoms with Crippen molar-refractivity contribution in [2.75, 3.05) is 4.72 Å². The predicted octanol–water partition coefficient (Wildman–Crippen LogP) is 2.67. The van der Waals surface area contributed by atoms with Crippen molar-refractivity contribution in [3.8, 4) is 0 Å². The predicted molar refractivity (Wildman–Crippen MR) is 77.8 cm³/mol. The molecule has 0 bridgehead atoms. The second-order valence-electron chi connectivity index (χ2n) is 4.02. The van der Waals surface area contributed by atoms with Crippen LogP contribution in [-0.2, 0) is 21.8 Å². The van der Waals surface area contributed by atoms with Crippen molar-refractivity contribution in [3.63, 3.8) is 0 Å². The summed E-state index contributed by atoms with van der Waals surface area (Å²) in [5.74, 6) is 0.307. The zero-order chi connectivity index (χ0) is 13.9. The molecule has 0 amide bonds. The molecule has 0 fully saturated rings. The van der Waals surface area contributed by atoms with Gasteiger partial charge in [-0.15, -0.1) is 0 Å². The van der Waals surface area contributed by atoms with Crippen molar-refractivity contribution < 1.29 is 8.42 Å². The van der Waals surface area contributed by atoms with Crippen molar-refractivity contribution in [3.05, 3.63) is 41.6 Å². The molecule has 2 aromatic rings. The summed E-state index contributed by atoms with van der Waals surface area (Å²) < 4.78 is 26.7. The van der Waals surface area contributed by atoms with Gasteiger partial charge in [-0.05, 0) is 24.1 Å². The van der Waals surface area contributed by atoms with Crippen LogP contribution in [0.1, 0.15) is 18.2 Å². The fourth-order valence-electron chi connectivity index (χ4n) is 1.55. The van der Waals surface area contributed by atoms with Gasteiger partial charge in [-0.1, -0.05) is 35.0 Å². The molecule has 0 aliphatic rings. The van der Waals surface area contributed by atoms with Gasteiger partial charge in [0.2, 0.25) is 0 Å². The molecule has 19 heavy (non-hydrogen) atoms. The standard InChI is InChI=1S/C12H14BrN3O2S/c1-2-10-7-12(15-14-10)16-19(17,18)11-5-3-9(8-13)4-6-11/h3-7H,2,8H2,1H3,(H2,14,15,16). The van der Waals surface area contributed by atoms with Crippen LogP contribution in [0, 0.1) is 0 Å². The van der Waals surface area contributed by atoms with Gasteiger partial charge in [0, 0.05) is 17.1 Å². The van der Waals surface area contributed by atoms with Gasteiger partial charge in [0.05, 0.1) is 4.90 Å². The SMILES string of the molecule is CCc1cc(NS(=O)(=O)c2ccc(CBr)cc2)n[nH]1. The summed E-state index contributed by atoms with van der Waals surface area (Å²) in [6, 6.07) is 8.37. The molecule has 0 aliphatic heterocycles. The Morgan fingerprint density at radius 1 is 1.32 bits per heavy atom. The molecule has 1 aromatic heterocycles. The Kier molecular flexibility index (Phi) is 4.26. The molecule has 0 radical (unpaired) electrons. The normalized spacial score (nSPS) is 11.5. The molecule has 0 spiro atoms. The highest BCUT2D eigenvalue weighted by molar-refractivity contribution is 9.08. The Hall–Kier alpha value is -1.34. The van der Waals surface area contributed by atoms with E-state index in [2.05, 4.69) is 30.8 Å². The van der Waals surface area contributed by atoms with Crippen molar-refractivity contribution >= 4 is 31.8 Å². The third-order valence-corrected chi connectivity index (χ3v) is 4.66. The van der Waals surface area contributed by atoms with Crippen LogP contribution in [0.2, 0.25) is 0 Å². The second kappa shape index (κ2) is 5.75. The number of nitrogens with one attached hydrogen (secondary N) is 2. The largest absolute Gasteiger partial charge is 0.280 e. The molecule has 2 N–H and O–H groups in total. The zero-order valence-corrected chi connectivity index (χ0v) is 12.8. The van der Waals surface area contributed by atoms with Gasteiger partial charge in [-0.2, -0.15) is 5.10 Å². The Balaban J connectivity index is 2.21. The van der Waals surface area contributed by atoms with E-state index < -0.39 is 10.0 Å². The average molecular weight is 344 g/mol. The number of anilines is 1. The highest BCUT2D eigenvalue weighted by Gasteiger charge is 2.15. The summed E-state index contributed by atoms with van der Waals surface area (Å²) >= 11 is 3.32. The number of hydrogen-bond donors (Lipinski definition) is 2. The number of benzene rings is 1. The average Bonchev–Trinajstić information content (AvgIpc) is 2.85. The minimum Gasteiger partial charge on any atom is -0.280 e. The van der Waals surface area contributed by atoms with Crippen molar-refractivity contribution in [2.24, 2.45) is 0 Å². The Labute approximate surface area is 120 Å². The first-order valence-electron chi connectivity index (χ1n) is 5.77. The minimum atomic E-state index is -3.58. The Morgan fingerprint density at radius 2 is 2.00 bits per heavy atom. The van der Waals surface area contributed by atoms with Gasteiger partial charge in [0.1, 0.15) is 0 Å². The third kappa shape index (κ3) is 3.36. The zero-order valence-electron chi connectivity index (χ0n) is 10.4. The van der Waals surface area contributed by atoms with Crippen molar-refractivity contribution in [2.45, 2.75) is 23.6 Å². The van der Waals surface area contributed by atoms with E-state index in [0.29, 0.717) is 11.1 Å². The first-order chi connectivity index (χ1) is 9.05. The van der Waals surface area contributed by atoms with Gasteiger partial charge in [-0.3, -0.25) is 9.82 Å². The maximum atomic E-state index is 12.1. The molecule has 5 nitrogen and oxygen atoms in total. The minimum absolute atomic E-state index is 0.221. The molecule has 0 saturated carbocycles. The summed E-state index contributed by atoms with van der Waals surface area (Å²) in [6.45, 7) is 1.96. The van der Waals surface area contributed by atoms with Crippen LogP contribution < -0.4 is 4.72 Å². The summed E-state index contributed by atoms with van der Waals surface area (Å²) in [5, 5.41) is 7.37. The summed E-state index contributed by atoms with van der Waals surface area (Å²) in [7, 11) is -3.58. The molecule has 1 heterocycles. The van der Waals surface area contributed by atoms with Crippen LogP contribution >= 0.6 is 15.9 Å². The van der Waals surface area contributed by atoms with Crippen LogP contribution in [0.3, 0.4) is 0 Å². The quantitative estimate of drug-likeness (QED) is 0.819. The third-order valence-electron chi connectivity index (χ3n) is 2.64. The van der Waals surface area contributed by atoms with Crippen molar-refractivity contribution in [1.82, 2.24) is 10.2 Å². The van der Waals surface area contributed by atoms with E-state index in [-0.39, 0.29) is 4.90 Å². The molecule has 2 rings (SSSR count). The Bertz CT molecular complexity index is 650. The van der Waals surface area contributed by atoms with Gasteiger partial charge in [-0.25, -0.2) is 8.42 Å². The van der Waals surface area contributed by atoms with Crippen molar-refractivity contribution in [1.29, 1.82) is 0 Å². The lowest BCUT2D eigenvalue weighted by Crippen LogP contribution is -2.13. The number of aromatic amines is 1. The Morgan fingerprint density at radius 3 is 2.53 bits per heavy atom. The summed E-state index contributed by atoms with van der Waals surface area (Å²) in [4.78, 5) is 0.221. The highest BCUT2D eigenvalue weighted by atomic mass is 79.9. The molecule has 1 aromatic carbocycles. The van der Waals surface area contributed by atoms with E-state index in [1.807, 2.05) is 6.92 Å². The molecule has 7 heteroatoms. The lowest BCUT2D eigenvalue weighted by molar-refractivity contribution is 0.601. The number of alkyl halides is 1. The summed E-state index contributed by atoms with van der Waals surface area (Å²) in [6.07, 6.45) is 0.772. The number of nitrogens with zero attached hydrogens (tertiary/aromatic N) is 1. The molecule has 0 unspecified atom stereocenters. The molecule has 0 atom stereocenters. The van der Waals surface area contributed by atoms with E-state index in [1.54, 1.807) is 30.3 Å². The smallest absolute Gasteiger partial charge is 0.263 e. The molecular formula is C12H14BrN3O2S. The first-order valence-corrected chi connectivity index (χ1v) is 8.37. The van der Waals surface area contributed by atoms with Crippen LogP contribution in [-0.4, -0.2) is 18.6 Å². The number of sulfonamides is 1. The number of hydrogen-bond acceptors (Lipinski definition) is 3. The van der Waals surface area contributed by atoms with Gasteiger partial charge < -0.3 is 0 Å². The lowest BCUT2D eigenvalue weighted by Gasteiger charge is -2.05. The van der Waals surface area contributed by atoms with Gasteiger partial charge >= 0.3 is 0 Å². The molecule has 0 saturated heterocycles. The fraction of sp³-hybridized carbons (Fsp3) is 0.250. The van der Waals surface area contributed by atoms with Gasteiger partial charge in [0.25, 0.3) is 10.0 Å². The molecular weight excluding hydrogens is 330 g/mol. The van der Waals surface area contributed by atoms with E-state index >= 15 is 0 Å². The van der Waals surface area contributed by atoms with Crippen LogP contribution in [0.5, 0.6) is 0 Å². The van der Waals surface area contributed by atoms with E-state index in [4.69, 9.17) is 0 Å². The monoisotopic (exact) mass is 343 g/mol. The summed E-state index contributed by atoms with van der Waals surface area (Å²) in [5.41, 5.74) is 1.90. The van der Waals surface area contributed by atoms with E-state index in [9.17, 15) is 8.42 Å². The first kappa shape index (κ1) is 14.1. The number of aromatic nitrogens is 2. The number of H-pyrrole nitrogens is 1. The lowest BCUT2D eigenvalue weighted by atomic mass is 10.2. The van der Waals surface area contributed by atoms with Crippen LogP contribution in [0.4, 0.5) is 5.82 Å². The van der Waals surface area contributed by atoms with Gasteiger partial charge in [0.15, 0.2) is 5.82 Å². The molecule has 0 aliphatic carbocycles. The number of halogens is 1. The highest BCUT2D eigenvalue weighted by Crippen LogP contribution is 2.16. The van der Waals surface area contributed by atoms with Crippen LogP contribution in [0.25, 0.3) is 0 Å². The van der Waals surface area contributed by atoms with E-state index in [0.717, 1.165) is 17.7 Å². The fourth-order valence-corrected chi connectivity index (χ4v) is 2.92.